The van der Waals surface area contributed by atoms with Gasteiger partial charge in [0.25, 0.3) is 0 Å². The molecule has 0 spiro atoms. The molecule has 0 amide bonds. The van der Waals surface area contributed by atoms with Crippen LogP contribution >= 0.6 is 0 Å². The van der Waals surface area contributed by atoms with Gasteiger partial charge in [-0.1, -0.05) is 5.11 Å². The van der Waals surface area contributed by atoms with Crippen LogP contribution in [0.2, 0.25) is 0 Å². The first kappa shape index (κ1) is 16.3. The lowest BCUT2D eigenvalue weighted by Gasteiger charge is -2.41. The van der Waals surface area contributed by atoms with Gasteiger partial charge in [-0.3, -0.25) is 5.32 Å². The van der Waals surface area contributed by atoms with Crippen LogP contribution < -0.4 is 10.6 Å². The van der Waals surface area contributed by atoms with Gasteiger partial charge in [-0.15, -0.1) is 0 Å². The van der Waals surface area contributed by atoms with Gasteiger partial charge in [-0.2, -0.15) is 0 Å². The molecule has 2 fully saturated rings. The molecule has 128 valence electrons. The number of rotatable bonds is 5. The van der Waals surface area contributed by atoms with E-state index in [1.807, 2.05) is 11.0 Å². The molecule has 3 aliphatic rings. The van der Waals surface area contributed by atoms with Gasteiger partial charge in [0.1, 0.15) is 18.2 Å². The molecule has 0 aliphatic carbocycles. The minimum Gasteiger partial charge on any atom is -0.376 e. The van der Waals surface area contributed by atoms with E-state index in [0.29, 0.717) is 26.1 Å². The number of methoxy groups -OCH3 is 1. The van der Waals surface area contributed by atoms with Gasteiger partial charge in [-0.25, -0.2) is 0 Å². The molecule has 5 atom stereocenters. The number of azide groups is 1. The molecule has 0 aromatic rings. The molecule has 3 heterocycles. The Hall–Kier alpha value is -1.55. The topological polar surface area (TPSA) is 124 Å². The zero-order valence-electron chi connectivity index (χ0n) is 13.0. The first-order valence-corrected chi connectivity index (χ1v) is 7.69. The van der Waals surface area contributed by atoms with Gasteiger partial charge in [0, 0.05) is 18.6 Å². The van der Waals surface area contributed by atoms with Crippen LogP contribution in [0.15, 0.2) is 17.0 Å². The Morgan fingerprint density at radius 3 is 3.26 bits per heavy atom. The van der Waals surface area contributed by atoms with Gasteiger partial charge < -0.3 is 29.5 Å². The number of hydrogen-bond acceptors (Lipinski definition) is 8. The van der Waals surface area contributed by atoms with E-state index in [4.69, 9.17) is 19.7 Å². The average Bonchev–Trinajstić information content (AvgIpc) is 2.97. The number of hydrogen-bond donors (Lipinski definition) is 3. The van der Waals surface area contributed by atoms with E-state index in [9.17, 15) is 5.11 Å². The first-order chi connectivity index (χ1) is 11.2. The molecule has 1 unspecified atom stereocenters. The summed E-state index contributed by atoms with van der Waals surface area (Å²) in [5.41, 5.74) is 8.35. The molecule has 3 rings (SSSR count). The van der Waals surface area contributed by atoms with E-state index < -0.39 is 12.6 Å². The number of fused-ring (bicyclic) bond motifs is 1. The van der Waals surface area contributed by atoms with Crippen molar-refractivity contribution in [2.45, 2.75) is 43.9 Å². The third-order valence-corrected chi connectivity index (χ3v) is 4.15. The summed E-state index contributed by atoms with van der Waals surface area (Å²) in [5.74, 6) is 0.884. The van der Waals surface area contributed by atoms with Crippen molar-refractivity contribution >= 4 is 0 Å². The molecule has 23 heavy (non-hydrogen) atoms. The number of aliphatic hydroxyl groups is 1. The molecular weight excluding hydrogens is 304 g/mol. The summed E-state index contributed by atoms with van der Waals surface area (Å²) in [6.45, 7) is 1.32. The number of aliphatic hydroxyl groups excluding tert-OH is 1. The third kappa shape index (κ3) is 3.69. The molecular formula is C13H22N6O4. The summed E-state index contributed by atoms with van der Waals surface area (Å²) in [6, 6.07) is 0. The molecule has 0 radical (unpaired) electrons. The molecule has 0 saturated carbocycles. The van der Waals surface area contributed by atoms with Crippen molar-refractivity contribution < 1.29 is 19.3 Å². The number of ether oxygens (including phenoxy) is 3. The standard InChI is InChI=1S/C13H22N6O4/c1-21-13-19(6-8(23-13)4-5-15-18-14)10-3-2-9-12(16-10)17-11(20)7-22-9/h3,8-9,11-13,16-17,20H,2,4-7H2,1H3/t8?,9-,11-,12-,13+/m1/s1. The van der Waals surface area contributed by atoms with Crippen molar-refractivity contribution in [1.82, 2.24) is 15.5 Å². The maximum absolute atomic E-state index is 9.66. The summed E-state index contributed by atoms with van der Waals surface area (Å²) in [5, 5.41) is 19.6. The highest BCUT2D eigenvalue weighted by Gasteiger charge is 2.38. The molecule has 0 aromatic heterocycles. The monoisotopic (exact) mass is 326 g/mol. The Morgan fingerprint density at radius 2 is 2.48 bits per heavy atom. The average molecular weight is 326 g/mol. The second-order valence-electron chi connectivity index (χ2n) is 5.70. The van der Waals surface area contributed by atoms with E-state index in [2.05, 4.69) is 20.7 Å². The summed E-state index contributed by atoms with van der Waals surface area (Å²) in [4.78, 5) is 4.74. The molecule has 3 N–H and O–H groups in total. The Balaban J connectivity index is 1.63. The smallest absolute Gasteiger partial charge is 0.241 e. The van der Waals surface area contributed by atoms with Gasteiger partial charge in [0.15, 0.2) is 0 Å². The molecule has 0 bridgehead atoms. The first-order valence-electron chi connectivity index (χ1n) is 7.69. The fourth-order valence-electron chi connectivity index (χ4n) is 3.05. The van der Waals surface area contributed by atoms with Crippen LogP contribution in [0.5, 0.6) is 0 Å². The largest absolute Gasteiger partial charge is 0.376 e. The second-order valence-corrected chi connectivity index (χ2v) is 5.70. The van der Waals surface area contributed by atoms with Crippen LogP contribution in [0.4, 0.5) is 0 Å². The predicted molar refractivity (Wildman–Crippen MR) is 79.5 cm³/mol. The zero-order valence-corrected chi connectivity index (χ0v) is 13.0. The Morgan fingerprint density at radius 1 is 1.61 bits per heavy atom. The van der Waals surface area contributed by atoms with E-state index in [0.717, 1.165) is 12.2 Å². The predicted octanol–water partition coefficient (Wildman–Crippen LogP) is -0.215. The van der Waals surface area contributed by atoms with Crippen molar-refractivity contribution in [3.8, 4) is 0 Å². The van der Waals surface area contributed by atoms with Crippen LogP contribution in [0.25, 0.3) is 10.4 Å². The zero-order chi connectivity index (χ0) is 16.2. The lowest BCUT2D eigenvalue weighted by Crippen LogP contribution is -2.62. The van der Waals surface area contributed by atoms with Crippen LogP contribution in [-0.2, 0) is 14.2 Å². The van der Waals surface area contributed by atoms with Crippen molar-refractivity contribution in [2.24, 2.45) is 5.11 Å². The summed E-state index contributed by atoms with van der Waals surface area (Å²) in [7, 11) is 1.59. The maximum atomic E-state index is 9.66. The fraction of sp³-hybridized carbons (Fsp3) is 0.846. The number of nitrogens with one attached hydrogen (secondary N) is 2. The lowest BCUT2D eigenvalue weighted by atomic mass is 10.1. The van der Waals surface area contributed by atoms with Crippen LogP contribution in [0.3, 0.4) is 0 Å². The molecule has 0 aromatic carbocycles. The van der Waals surface area contributed by atoms with Crippen molar-refractivity contribution in [3.05, 3.63) is 22.3 Å². The Bertz CT molecular complexity index is 497. The van der Waals surface area contributed by atoms with Crippen molar-refractivity contribution in [3.63, 3.8) is 0 Å². The third-order valence-electron chi connectivity index (χ3n) is 4.15. The Kier molecular flexibility index (Phi) is 5.21. The SMILES string of the molecule is CO[C@H]1OC(CCN=[N+]=[N-])CN1C1=CC[C@H]2OC[C@@H](O)N[C@H]2N1. The Labute approximate surface area is 134 Å². The van der Waals surface area contributed by atoms with Gasteiger partial charge in [-0.05, 0) is 24.4 Å². The molecule has 2 saturated heterocycles. The molecule has 10 heteroatoms. The van der Waals surface area contributed by atoms with Crippen LogP contribution in [0.1, 0.15) is 12.8 Å². The number of morpholine rings is 1. The maximum Gasteiger partial charge on any atom is 0.241 e. The van der Waals surface area contributed by atoms with E-state index in [1.54, 1.807) is 7.11 Å². The minimum absolute atomic E-state index is 0.00701. The van der Waals surface area contributed by atoms with E-state index in [-0.39, 0.29) is 18.4 Å². The fourth-order valence-corrected chi connectivity index (χ4v) is 3.05. The van der Waals surface area contributed by atoms with Crippen LogP contribution in [-0.4, -0.2) is 67.8 Å². The summed E-state index contributed by atoms with van der Waals surface area (Å²) in [6.07, 6.45) is 2.04. The highest BCUT2D eigenvalue weighted by Crippen LogP contribution is 2.26. The van der Waals surface area contributed by atoms with Crippen molar-refractivity contribution in [1.29, 1.82) is 0 Å². The molecule has 3 aliphatic heterocycles. The van der Waals surface area contributed by atoms with E-state index in [1.165, 1.54) is 0 Å². The van der Waals surface area contributed by atoms with E-state index >= 15 is 0 Å². The van der Waals surface area contributed by atoms with Gasteiger partial charge in [0.05, 0.1) is 25.4 Å². The quantitative estimate of drug-likeness (QED) is 0.362. The summed E-state index contributed by atoms with van der Waals surface area (Å²) >= 11 is 0. The molecule has 10 nitrogen and oxygen atoms in total. The summed E-state index contributed by atoms with van der Waals surface area (Å²) < 4.78 is 16.8. The van der Waals surface area contributed by atoms with Gasteiger partial charge >= 0.3 is 0 Å². The highest BCUT2D eigenvalue weighted by molar-refractivity contribution is 5.10. The highest BCUT2D eigenvalue weighted by atomic mass is 16.7. The number of nitrogens with zero attached hydrogens (tertiary/aromatic N) is 4. The van der Waals surface area contributed by atoms with Crippen molar-refractivity contribution in [2.75, 3.05) is 26.8 Å². The second kappa shape index (κ2) is 7.35. The van der Waals surface area contributed by atoms with Crippen LogP contribution in [0, 0.1) is 0 Å². The normalized spacial score (nSPS) is 36.7. The van der Waals surface area contributed by atoms with Gasteiger partial charge in [0.2, 0.25) is 6.41 Å². The minimum atomic E-state index is -0.673. The lowest BCUT2D eigenvalue weighted by molar-refractivity contribution is -0.166.